The van der Waals surface area contributed by atoms with Gasteiger partial charge in [0.2, 0.25) is 5.91 Å². The Morgan fingerprint density at radius 3 is 2.62 bits per heavy atom. The number of carbonyl (C=O) groups is 1. The molecule has 29 heavy (non-hydrogen) atoms. The molecule has 9 heteroatoms. The van der Waals surface area contributed by atoms with Gasteiger partial charge in [0.05, 0.1) is 0 Å². The highest BCUT2D eigenvalue weighted by Gasteiger charge is 2.18. The summed E-state index contributed by atoms with van der Waals surface area (Å²) in [7, 11) is 1.73. The van der Waals surface area contributed by atoms with E-state index in [0.717, 1.165) is 49.5 Å². The third-order valence-electron chi connectivity index (χ3n) is 5.00. The van der Waals surface area contributed by atoms with E-state index in [1.54, 1.807) is 25.3 Å². The van der Waals surface area contributed by atoms with Crippen molar-refractivity contribution < 1.29 is 9.90 Å². The molecule has 1 unspecified atom stereocenters. The second-order valence-electron chi connectivity index (χ2n) is 6.93. The molecule has 0 bridgehead atoms. The van der Waals surface area contributed by atoms with Crippen molar-refractivity contribution in [3.8, 4) is 0 Å². The molecule has 1 aliphatic rings. The molecule has 0 radical (unpaired) electrons. The number of fused-ring (bicyclic) bond motifs is 1. The molecule has 1 atom stereocenters. The number of rotatable bonds is 6. The van der Waals surface area contributed by atoms with Gasteiger partial charge in [-0.2, -0.15) is 0 Å². The van der Waals surface area contributed by atoms with Crippen LogP contribution in [-0.2, 0) is 4.79 Å². The topological polar surface area (TPSA) is 80.2 Å². The molecule has 1 amide bonds. The molecule has 2 heterocycles. The highest BCUT2D eigenvalue weighted by molar-refractivity contribution is 14.0. The lowest BCUT2D eigenvalue weighted by molar-refractivity contribution is -0.130. The number of benzene rings is 1. The lowest BCUT2D eigenvalue weighted by Gasteiger charge is -2.34. The summed E-state index contributed by atoms with van der Waals surface area (Å²) in [5, 5.41) is 18.1. The van der Waals surface area contributed by atoms with E-state index < -0.39 is 6.10 Å². The van der Waals surface area contributed by atoms with Crippen LogP contribution in [0.2, 0.25) is 0 Å². The van der Waals surface area contributed by atoms with Gasteiger partial charge in [-0.25, -0.2) is 0 Å². The minimum absolute atomic E-state index is 0. The number of aliphatic hydroxyl groups is 1. The van der Waals surface area contributed by atoms with Crippen LogP contribution in [0.5, 0.6) is 0 Å². The summed E-state index contributed by atoms with van der Waals surface area (Å²) in [6, 6.07) is 10.2. The fraction of sp³-hybridized carbons (Fsp3) is 0.500. The van der Waals surface area contributed by atoms with E-state index in [9.17, 15) is 9.90 Å². The van der Waals surface area contributed by atoms with Crippen LogP contribution in [-0.4, -0.2) is 79.6 Å². The summed E-state index contributed by atoms with van der Waals surface area (Å²) < 4.78 is 1.18. The van der Waals surface area contributed by atoms with Gasteiger partial charge in [-0.15, -0.1) is 35.3 Å². The number of nitrogens with one attached hydrogen (secondary N) is 2. The zero-order valence-electron chi connectivity index (χ0n) is 16.9. The van der Waals surface area contributed by atoms with Crippen molar-refractivity contribution in [3.05, 3.63) is 35.2 Å². The van der Waals surface area contributed by atoms with Gasteiger partial charge in [0, 0.05) is 69.4 Å². The maximum Gasteiger partial charge on any atom is 0.219 e. The van der Waals surface area contributed by atoms with Crippen LogP contribution in [0.3, 0.4) is 0 Å². The summed E-state index contributed by atoms with van der Waals surface area (Å²) in [5.74, 6) is 0.835. The molecule has 3 N–H and O–H groups in total. The molecular formula is C20H30IN5O2S. The van der Waals surface area contributed by atoms with Crippen molar-refractivity contribution in [2.24, 2.45) is 4.99 Å². The van der Waals surface area contributed by atoms with Crippen molar-refractivity contribution in [2.75, 3.05) is 52.9 Å². The SMILES string of the molecule is CN=C(NCCN1CCN(C(C)=O)CC1)NCC(O)c1cc2ccccc2s1.I. The first kappa shape index (κ1) is 23.8. The third kappa shape index (κ3) is 6.80. The van der Waals surface area contributed by atoms with Gasteiger partial charge in [-0.3, -0.25) is 14.7 Å². The number of aliphatic hydroxyl groups excluding tert-OH is 1. The quantitative estimate of drug-likeness (QED) is 0.302. The first-order chi connectivity index (χ1) is 13.6. The molecule has 3 rings (SSSR count). The van der Waals surface area contributed by atoms with Crippen LogP contribution in [0.15, 0.2) is 35.3 Å². The Morgan fingerprint density at radius 2 is 1.97 bits per heavy atom. The van der Waals surface area contributed by atoms with E-state index >= 15 is 0 Å². The average molecular weight is 531 g/mol. The summed E-state index contributed by atoms with van der Waals surface area (Å²) in [5.41, 5.74) is 0. The lowest BCUT2D eigenvalue weighted by Crippen LogP contribution is -2.50. The normalized spacial score (nSPS) is 16.4. The molecule has 2 aromatic rings. The van der Waals surface area contributed by atoms with Gasteiger partial charge in [0.1, 0.15) is 6.10 Å². The number of carbonyl (C=O) groups excluding carboxylic acids is 1. The lowest BCUT2D eigenvalue weighted by atomic mass is 10.2. The smallest absolute Gasteiger partial charge is 0.219 e. The van der Waals surface area contributed by atoms with E-state index in [2.05, 4.69) is 32.7 Å². The number of hydrogen-bond donors (Lipinski definition) is 3. The maximum atomic E-state index is 11.4. The minimum atomic E-state index is -0.574. The van der Waals surface area contributed by atoms with E-state index in [1.807, 2.05) is 23.1 Å². The molecule has 1 fully saturated rings. The molecule has 0 spiro atoms. The second kappa shape index (κ2) is 11.7. The summed E-state index contributed by atoms with van der Waals surface area (Å²) in [6.45, 7) is 7.08. The molecule has 7 nitrogen and oxygen atoms in total. The number of nitrogens with zero attached hydrogens (tertiary/aromatic N) is 3. The van der Waals surface area contributed by atoms with Crippen LogP contribution in [0.4, 0.5) is 0 Å². The molecule has 1 aliphatic heterocycles. The Bertz CT molecular complexity index is 787. The predicted octanol–water partition coefficient (Wildman–Crippen LogP) is 1.88. The number of aliphatic imine (C=N–C) groups is 1. The Balaban J connectivity index is 0.00000300. The second-order valence-corrected chi connectivity index (χ2v) is 8.05. The number of piperazine rings is 1. The Kier molecular flexibility index (Phi) is 9.60. The number of halogens is 1. The highest BCUT2D eigenvalue weighted by atomic mass is 127. The van der Waals surface area contributed by atoms with E-state index in [-0.39, 0.29) is 29.9 Å². The highest BCUT2D eigenvalue weighted by Crippen LogP contribution is 2.29. The van der Waals surface area contributed by atoms with E-state index in [4.69, 9.17) is 0 Å². The third-order valence-corrected chi connectivity index (χ3v) is 6.21. The number of thiophene rings is 1. The van der Waals surface area contributed by atoms with Crippen LogP contribution >= 0.6 is 35.3 Å². The van der Waals surface area contributed by atoms with Crippen molar-refractivity contribution in [2.45, 2.75) is 13.0 Å². The monoisotopic (exact) mass is 531 g/mol. The molecule has 1 aromatic carbocycles. The fourth-order valence-electron chi connectivity index (χ4n) is 3.30. The van der Waals surface area contributed by atoms with Crippen LogP contribution < -0.4 is 10.6 Å². The average Bonchev–Trinajstić information content (AvgIpc) is 3.15. The Morgan fingerprint density at radius 1 is 1.24 bits per heavy atom. The van der Waals surface area contributed by atoms with E-state index in [0.29, 0.717) is 12.5 Å². The predicted molar refractivity (Wildman–Crippen MR) is 130 cm³/mol. The number of guanidine groups is 1. The van der Waals surface area contributed by atoms with E-state index in [1.165, 1.54) is 4.70 Å². The van der Waals surface area contributed by atoms with Crippen molar-refractivity contribution >= 4 is 57.3 Å². The zero-order chi connectivity index (χ0) is 19.9. The van der Waals surface area contributed by atoms with Crippen molar-refractivity contribution in [1.82, 2.24) is 20.4 Å². The summed E-state index contributed by atoms with van der Waals surface area (Å²) in [4.78, 5) is 20.8. The first-order valence-electron chi connectivity index (χ1n) is 9.65. The van der Waals surface area contributed by atoms with Gasteiger partial charge >= 0.3 is 0 Å². The molecule has 1 saturated heterocycles. The molecule has 0 aliphatic carbocycles. The standard InChI is InChI=1S/C20H29N5O2S.HI/c1-15(26)25-11-9-24(10-12-25)8-7-22-20(21-2)23-14-17(27)19-13-16-5-3-4-6-18(16)28-19;/h3-6,13,17,27H,7-12,14H2,1-2H3,(H2,21,22,23);1H. The van der Waals surface area contributed by atoms with Crippen LogP contribution in [0.25, 0.3) is 10.1 Å². The Labute approximate surface area is 193 Å². The minimum Gasteiger partial charge on any atom is -0.386 e. The number of amides is 1. The van der Waals surface area contributed by atoms with Crippen molar-refractivity contribution in [3.63, 3.8) is 0 Å². The summed E-state index contributed by atoms with van der Waals surface area (Å²) >= 11 is 1.62. The number of hydrogen-bond acceptors (Lipinski definition) is 5. The van der Waals surface area contributed by atoms with Gasteiger partial charge in [-0.1, -0.05) is 18.2 Å². The first-order valence-corrected chi connectivity index (χ1v) is 10.5. The maximum absolute atomic E-state index is 11.4. The van der Waals surface area contributed by atoms with Crippen LogP contribution in [0.1, 0.15) is 17.9 Å². The Hall–Kier alpha value is -1.43. The summed E-state index contributed by atoms with van der Waals surface area (Å²) in [6.07, 6.45) is -0.574. The van der Waals surface area contributed by atoms with Crippen LogP contribution in [0, 0.1) is 0 Å². The van der Waals surface area contributed by atoms with Crippen molar-refractivity contribution in [1.29, 1.82) is 0 Å². The fourth-order valence-corrected chi connectivity index (χ4v) is 4.35. The molecule has 160 valence electrons. The molecule has 0 saturated carbocycles. The largest absolute Gasteiger partial charge is 0.386 e. The van der Waals surface area contributed by atoms with Gasteiger partial charge in [0.15, 0.2) is 5.96 Å². The van der Waals surface area contributed by atoms with Gasteiger partial charge in [0.25, 0.3) is 0 Å². The molecular weight excluding hydrogens is 501 g/mol. The van der Waals surface area contributed by atoms with Gasteiger partial charge in [-0.05, 0) is 17.5 Å². The zero-order valence-corrected chi connectivity index (χ0v) is 20.1. The molecule has 1 aromatic heterocycles. The van der Waals surface area contributed by atoms with Gasteiger partial charge < -0.3 is 20.6 Å².